The molecular formula is C24H29N3O5S. The van der Waals surface area contributed by atoms with Gasteiger partial charge in [0.15, 0.2) is 6.10 Å². The number of carbonyl (C=O) groups is 2. The van der Waals surface area contributed by atoms with Gasteiger partial charge in [0.1, 0.15) is 5.25 Å². The Morgan fingerprint density at radius 3 is 2.42 bits per heavy atom. The van der Waals surface area contributed by atoms with Gasteiger partial charge in [0.25, 0.3) is 5.91 Å². The lowest BCUT2D eigenvalue weighted by Gasteiger charge is -2.36. The third-order valence-electron chi connectivity index (χ3n) is 6.45. The van der Waals surface area contributed by atoms with Gasteiger partial charge in [-0.3, -0.25) is 9.59 Å². The summed E-state index contributed by atoms with van der Waals surface area (Å²) in [5.74, 6) is -0.799. The second-order valence-electron chi connectivity index (χ2n) is 8.51. The van der Waals surface area contributed by atoms with Gasteiger partial charge in [-0.15, -0.1) is 0 Å². The van der Waals surface area contributed by atoms with Crippen molar-refractivity contribution in [3.63, 3.8) is 0 Å². The number of primary amides is 1. The van der Waals surface area contributed by atoms with Crippen molar-refractivity contribution >= 4 is 21.8 Å². The highest BCUT2D eigenvalue weighted by Gasteiger charge is 2.39. The zero-order valence-corrected chi connectivity index (χ0v) is 19.4. The van der Waals surface area contributed by atoms with E-state index in [2.05, 4.69) is 0 Å². The summed E-state index contributed by atoms with van der Waals surface area (Å²) in [6.07, 6.45) is 0.593. The maximum Gasteiger partial charge on any atom is 0.254 e. The minimum atomic E-state index is -3.52. The van der Waals surface area contributed by atoms with Crippen LogP contribution in [0.5, 0.6) is 0 Å². The normalized spacial score (nSPS) is 24.2. The van der Waals surface area contributed by atoms with E-state index in [0.29, 0.717) is 25.1 Å². The Kier molecular flexibility index (Phi) is 6.83. The van der Waals surface area contributed by atoms with Crippen LogP contribution in [-0.4, -0.2) is 61.8 Å². The van der Waals surface area contributed by atoms with E-state index >= 15 is 0 Å². The monoisotopic (exact) mass is 471 g/mol. The average molecular weight is 472 g/mol. The Bertz CT molecular complexity index is 1100. The third kappa shape index (κ3) is 4.80. The number of hydrogen-bond donors (Lipinski definition) is 1. The second kappa shape index (κ2) is 9.62. The number of nitrogens with two attached hydrogens (primary N) is 1. The fourth-order valence-electron chi connectivity index (χ4n) is 4.55. The molecule has 2 N–H and O–H groups in total. The molecule has 0 aromatic heterocycles. The van der Waals surface area contributed by atoms with Crippen LogP contribution in [-0.2, 0) is 19.6 Å². The molecule has 3 unspecified atom stereocenters. The molecule has 2 heterocycles. The summed E-state index contributed by atoms with van der Waals surface area (Å²) >= 11 is 0. The molecule has 2 aromatic carbocycles. The molecule has 176 valence electrons. The first kappa shape index (κ1) is 23.4. The number of carbonyl (C=O) groups excluding carboxylic acids is 2. The Morgan fingerprint density at radius 2 is 1.76 bits per heavy atom. The zero-order valence-electron chi connectivity index (χ0n) is 18.6. The molecular weight excluding hydrogens is 442 g/mol. The van der Waals surface area contributed by atoms with Crippen LogP contribution < -0.4 is 5.73 Å². The lowest BCUT2D eigenvalue weighted by Crippen LogP contribution is -2.50. The fraction of sp³-hybridized carbons (Fsp3) is 0.417. The number of morpholine rings is 1. The molecule has 0 spiro atoms. The van der Waals surface area contributed by atoms with Gasteiger partial charge in [-0.25, -0.2) is 8.42 Å². The van der Waals surface area contributed by atoms with Crippen LogP contribution in [0.25, 0.3) is 0 Å². The smallest absolute Gasteiger partial charge is 0.254 e. The third-order valence-corrected chi connectivity index (χ3v) is 8.83. The Balaban J connectivity index is 1.49. The molecule has 0 aliphatic carbocycles. The maximum absolute atomic E-state index is 13.4. The van der Waals surface area contributed by atoms with E-state index in [-0.39, 0.29) is 25.1 Å². The van der Waals surface area contributed by atoms with Crippen molar-refractivity contribution in [2.75, 3.05) is 26.2 Å². The molecule has 9 heteroatoms. The second-order valence-corrected chi connectivity index (χ2v) is 10.6. The van der Waals surface area contributed by atoms with Crippen molar-refractivity contribution in [1.82, 2.24) is 9.21 Å². The van der Waals surface area contributed by atoms with Gasteiger partial charge in [0.05, 0.1) is 13.2 Å². The minimum absolute atomic E-state index is 0.124. The number of benzene rings is 2. The summed E-state index contributed by atoms with van der Waals surface area (Å²) < 4.78 is 33.7. The highest BCUT2D eigenvalue weighted by molar-refractivity contribution is 7.89. The summed E-state index contributed by atoms with van der Waals surface area (Å²) in [7, 11) is -3.52. The fourth-order valence-corrected chi connectivity index (χ4v) is 6.79. The van der Waals surface area contributed by atoms with Crippen molar-refractivity contribution in [3.05, 3.63) is 71.3 Å². The molecule has 2 fully saturated rings. The van der Waals surface area contributed by atoms with Crippen LogP contribution >= 0.6 is 0 Å². The van der Waals surface area contributed by atoms with Crippen LogP contribution in [0.15, 0.2) is 54.6 Å². The predicted molar refractivity (Wildman–Crippen MR) is 124 cm³/mol. The SMILES string of the molecule is CC(c1ccc(C(=O)N2CCOC(C(N)=O)C2)cc1)N1CCCC(c2ccccc2)S1(=O)=O. The average Bonchev–Trinajstić information content (AvgIpc) is 2.83. The topological polar surface area (TPSA) is 110 Å². The van der Waals surface area contributed by atoms with E-state index < -0.39 is 27.3 Å². The van der Waals surface area contributed by atoms with Gasteiger partial charge >= 0.3 is 0 Å². The van der Waals surface area contributed by atoms with Crippen molar-refractivity contribution in [2.24, 2.45) is 5.73 Å². The highest BCUT2D eigenvalue weighted by atomic mass is 32.2. The van der Waals surface area contributed by atoms with E-state index in [9.17, 15) is 18.0 Å². The first-order chi connectivity index (χ1) is 15.8. The molecule has 0 radical (unpaired) electrons. The number of amides is 2. The highest BCUT2D eigenvalue weighted by Crippen LogP contribution is 2.38. The van der Waals surface area contributed by atoms with E-state index in [1.54, 1.807) is 33.5 Å². The summed E-state index contributed by atoms with van der Waals surface area (Å²) in [4.78, 5) is 25.8. The summed E-state index contributed by atoms with van der Waals surface area (Å²) in [6.45, 7) is 3.10. The van der Waals surface area contributed by atoms with Gasteiger partial charge in [0.2, 0.25) is 15.9 Å². The molecule has 0 saturated carbocycles. The Hall–Kier alpha value is -2.75. The van der Waals surface area contributed by atoms with E-state index in [4.69, 9.17) is 10.5 Å². The molecule has 2 amide bonds. The molecule has 2 saturated heterocycles. The zero-order chi connectivity index (χ0) is 23.6. The van der Waals surface area contributed by atoms with Crippen LogP contribution in [0, 0.1) is 0 Å². The first-order valence-corrected chi connectivity index (χ1v) is 12.6. The van der Waals surface area contributed by atoms with Crippen molar-refractivity contribution in [1.29, 1.82) is 0 Å². The molecule has 4 rings (SSSR count). The van der Waals surface area contributed by atoms with Gasteiger partial charge in [-0.05, 0) is 43.0 Å². The van der Waals surface area contributed by atoms with Gasteiger partial charge in [-0.2, -0.15) is 4.31 Å². The summed E-state index contributed by atoms with van der Waals surface area (Å²) in [5, 5.41) is -0.546. The predicted octanol–water partition coefficient (Wildman–Crippen LogP) is 2.24. The number of hydrogen-bond acceptors (Lipinski definition) is 5. The lowest BCUT2D eigenvalue weighted by molar-refractivity contribution is -0.133. The molecule has 3 atom stereocenters. The summed E-state index contributed by atoms with van der Waals surface area (Å²) in [5.41, 5.74) is 7.41. The number of rotatable bonds is 5. The molecule has 33 heavy (non-hydrogen) atoms. The molecule has 2 aliphatic heterocycles. The van der Waals surface area contributed by atoms with Gasteiger partial charge < -0.3 is 15.4 Å². The van der Waals surface area contributed by atoms with E-state index in [1.165, 1.54) is 0 Å². The quantitative estimate of drug-likeness (QED) is 0.719. The minimum Gasteiger partial charge on any atom is -0.367 e. The van der Waals surface area contributed by atoms with Crippen LogP contribution in [0.2, 0.25) is 0 Å². The van der Waals surface area contributed by atoms with Crippen molar-refractivity contribution in [3.8, 4) is 0 Å². The van der Waals surface area contributed by atoms with Gasteiger partial charge in [0, 0.05) is 24.7 Å². The standard InChI is InChI=1S/C24H29N3O5S/c1-17(27-13-5-8-22(33(27,30)31)19-6-3-2-4-7-19)18-9-11-20(12-10-18)24(29)26-14-15-32-21(16-26)23(25)28/h2-4,6-7,9-12,17,21-22H,5,8,13-16H2,1H3,(H2,25,28). The largest absolute Gasteiger partial charge is 0.367 e. The maximum atomic E-state index is 13.4. The molecule has 0 bridgehead atoms. The van der Waals surface area contributed by atoms with Crippen LogP contribution in [0.1, 0.15) is 52.5 Å². The number of sulfonamides is 1. The van der Waals surface area contributed by atoms with E-state index in [1.807, 2.05) is 37.3 Å². The number of ether oxygens (including phenoxy) is 1. The van der Waals surface area contributed by atoms with Crippen molar-refractivity contribution in [2.45, 2.75) is 37.2 Å². The van der Waals surface area contributed by atoms with Crippen LogP contribution in [0.4, 0.5) is 0 Å². The molecule has 2 aromatic rings. The van der Waals surface area contributed by atoms with Gasteiger partial charge in [-0.1, -0.05) is 42.5 Å². The van der Waals surface area contributed by atoms with Crippen LogP contribution in [0.3, 0.4) is 0 Å². The Labute approximate surface area is 194 Å². The Morgan fingerprint density at radius 1 is 1.06 bits per heavy atom. The molecule has 2 aliphatic rings. The number of nitrogens with zero attached hydrogens (tertiary/aromatic N) is 2. The summed E-state index contributed by atoms with van der Waals surface area (Å²) in [6, 6.07) is 16.0. The molecule has 8 nitrogen and oxygen atoms in total. The first-order valence-electron chi connectivity index (χ1n) is 11.1. The van der Waals surface area contributed by atoms with E-state index in [0.717, 1.165) is 17.5 Å². The van der Waals surface area contributed by atoms with Crippen molar-refractivity contribution < 1.29 is 22.7 Å². The lowest BCUT2D eigenvalue weighted by atomic mass is 10.0.